The van der Waals surface area contributed by atoms with Gasteiger partial charge in [-0.25, -0.2) is 0 Å². The van der Waals surface area contributed by atoms with Gasteiger partial charge in [-0.2, -0.15) is 4.98 Å². The molecule has 3 aromatic rings. The second-order valence-electron chi connectivity index (χ2n) is 4.28. The van der Waals surface area contributed by atoms with E-state index >= 15 is 0 Å². The third kappa shape index (κ3) is 2.65. The number of benzene rings is 1. The molecule has 0 spiro atoms. The van der Waals surface area contributed by atoms with E-state index in [1.54, 1.807) is 18.5 Å². The summed E-state index contributed by atoms with van der Waals surface area (Å²) >= 11 is 0. The van der Waals surface area contributed by atoms with Crippen LogP contribution in [0.15, 0.2) is 47.1 Å². The average Bonchev–Trinajstić information content (AvgIpc) is 2.82. The molecular formula is C14H14N4O. The third-order valence-electron chi connectivity index (χ3n) is 2.85. The normalized spacial score (nSPS) is 10.7. The number of oxazole rings is 1. The Kier molecular flexibility index (Phi) is 3.02. The summed E-state index contributed by atoms with van der Waals surface area (Å²) in [7, 11) is 0. The van der Waals surface area contributed by atoms with E-state index in [2.05, 4.69) is 15.3 Å². The van der Waals surface area contributed by atoms with Crippen LogP contribution in [0.1, 0.15) is 5.56 Å². The molecule has 0 aliphatic carbocycles. The molecule has 0 aliphatic rings. The molecule has 2 heterocycles. The standard InChI is InChI=1S/C14H14N4O/c15-11-1-2-12-13(9-11)19-14(18-12)17-8-5-10-3-6-16-7-4-10/h1-4,6-7,9H,5,8,15H2,(H,17,18). The molecule has 0 saturated heterocycles. The number of hydrogen-bond donors (Lipinski definition) is 2. The van der Waals surface area contributed by atoms with Gasteiger partial charge in [-0.15, -0.1) is 0 Å². The fourth-order valence-electron chi connectivity index (χ4n) is 1.88. The SMILES string of the molecule is Nc1ccc2nc(NCCc3ccncc3)oc2c1. The maximum absolute atomic E-state index is 5.70. The second-order valence-corrected chi connectivity index (χ2v) is 4.28. The highest BCUT2D eigenvalue weighted by molar-refractivity contribution is 5.78. The van der Waals surface area contributed by atoms with Gasteiger partial charge in [-0.1, -0.05) is 0 Å². The van der Waals surface area contributed by atoms with Crippen LogP contribution in [0.3, 0.4) is 0 Å². The highest BCUT2D eigenvalue weighted by Gasteiger charge is 2.05. The monoisotopic (exact) mass is 254 g/mol. The number of fused-ring (bicyclic) bond motifs is 1. The number of pyridine rings is 1. The lowest BCUT2D eigenvalue weighted by Gasteiger charge is -2.01. The zero-order valence-electron chi connectivity index (χ0n) is 10.3. The van der Waals surface area contributed by atoms with E-state index in [0.29, 0.717) is 17.3 Å². The Morgan fingerprint density at radius 1 is 1.16 bits per heavy atom. The van der Waals surface area contributed by atoms with Gasteiger partial charge in [-0.05, 0) is 36.2 Å². The van der Waals surface area contributed by atoms with Crippen molar-refractivity contribution in [1.82, 2.24) is 9.97 Å². The Morgan fingerprint density at radius 2 is 2.00 bits per heavy atom. The van der Waals surface area contributed by atoms with Crippen LogP contribution in [0.4, 0.5) is 11.7 Å². The second kappa shape index (κ2) is 4.97. The Morgan fingerprint density at radius 3 is 2.84 bits per heavy atom. The molecule has 0 amide bonds. The van der Waals surface area contributed by atoms with Gasteiger partial charge in [0.25, 0.3) is 6.01 Å². The fourth-order valence-corrected chi connectivity index (χ4v) is 1.88. The molecule has 0 atom stereocenters. The number of anilines is 2. The molecule has 0 saturated carbocycles. The Hall–Kier alpha value is -2.56. The number of hydrogen-bond acceptors (Lipinski definition) is 5. The number of nitrogens with two attached hydrogens (primary N) is 1. The van der Waals surface area contributed by atoms with Crippen LogP contribution in [0.25, 0.3) is 11.1 Å². The van der Waals surface area contributed by atoms with Crippen molar-refractivity contribution < 1.29 is 4.42 Å². The molecule has 19 heavy (non-hydrogen) atoms. The van der Waals surface area contributed by atoms with Gasteiger partial charge in [0.1, 0.15) is 5.52 Å². The number of nitrogens with one attached hydrogen (secondary N) is 1. The van der Waals surface area contributed by atoms with Gasteiger partial charge >= 0.3 is 0 Å². The van der Waals surface area contributed by atoms with Crippen LogP contribution in [0, 0.1) is 0 Å². The molecule has 2 aromatic heterocycles. The van der Waals surface area contributed by atoms with Gasteiger partial charge in [0, 0.05) is 30.7 Å². The molecular weight excluding hydrogens is 240 g/mol. The maximum Gasteiger partial charge on any atom is 0.295 e. The van der Waals surface area contributed by atoms with Gasteiger partial charge in [-0.3, -0.25) is 4.98 Å². The zero-order valence-corrected chi connectivity index (χ0v) is 10.3. The Bertz CT molecular complexity index is 678. The summed E-state index contributed by atoms with van der Waals surface area (Å²) in [4.78, 5) is 8.32. The highest BCUT2D eigenvalue weighted by atomic mass is 16.4. The predicted molar refractivity (Wildman–Crippen MR) is 74.9 cm³/mol. The van der Waals surface area contributed by atoms with Crippen molar-refractivity contribution in [2.24, 2.45) is 0 Å². The Labute approximate surface area is 110 Å². The van der Waals surface area contributed by atoms with Gasteiger partial charge < -0.3 is 15.5 Å². The van der Waals surface area contributed by atoms with E-state index in [-0.39, 0.29) is 0 Å². The van der Waals surface area contributed by atoms with Crippen LogP contribution in [-0.2, 0) is 6.42 Å². The van der Waals surface area contributed by atoms with Crippen molar-refractivity contribution >= 4 is 22.8 Å². The Balaban J connectivity index is 1.65. The molecule has 0 unspecified atom stereocenters. The van der Waals surface area contributed by atoms with Gasteiger partial charge in [0.05, 0.1) is 0 Å². The van der Waals surface area contributed by atoms with E-state index in [1.807, 2.05) is 24.3 Å². The lowest BCUT2D eigenvalue weighted by molar-refractivity contribution is 0.614. The summed E-state index contributed by atoms with van der Waals surface area (Å²) in [5.41, 5.74) is 9.10. The zero-order chi connectivity index (χ0) is 13.1. The fraction of sp³-hybridized carbons (Fsp3) is 0.143. The topological polar surface area (TPSA) is 77.0 Å². The molecule has 5 heteroatoms. The lowest BCUT2D eigenvalue weighted by Crippen LogP contribution is -2.04. The molecule has 96 valence electrons. The summed E-state index contributed by atoms with van der Waals surface area (Å²) in [6.45, 7) is 0.756. The number of nitrogens with zero attached hydrogens (tertiary/aromatic N) is 2. The third-order valence-corrected chi connectivity index (χ3v) is 2.85. The number of nitrogen functional groups attached to an aromatic ring is 1. The number of rotatable bonds is 4. The van der Waals surface area contributed by atoms with Crippen molar-refractivity contribution in [2.75, 3.05) is 17.6 Å². The first kappa shape index (κ1) is 11.5. The van der Waals surface area contributed by atoms with Gasteiger partial charge in [0.2, 0.25) is 0 Å². The van der Waals surface area contributed by atoms with Crippen LogP contribution >= 0.6 is 0 Å². The number of aromatic nitrogens is 2. The van der Waals surface area contributed by atoms with E-state index < -0.39 is 0 Å². The smallest absolute Gasteiger partial charge is 0.295 e. The van der Waals surface area contributed by atoms with Crippen molar-refractivity contribution in [2.45, 2.75) is 6.42 Å². The van der Waals surface area contributed by atoms with Crippen LogP contribution in [0.2, 0.25) is 0 Å². The molecule has 3 rings (SSSR count). The van der Waals surface area contributed by atoms with Crippen molar-refractivity contribution in [3.63, 3.8) is 0 Å². The molecule has 0 aliphatic heterocycles. The first-order valence-electron chi connectivity index (χ1n) is 6.10. The van der Waals surface area contributed by atoms with Crippen LogP contribution < -0.4 is 11.1 Å². The predicted octanol–water partition coefficient (Wildman–Crippen LogP) is 2.46. The first-order chi connectivity index (χ1) is 9.31. The summed E-state index contributed by atoms with van der Waals surface area (Å²) in [5.74, 6) is 0. The van der Waals surface area contributed by atoms with E-state index in [4.69, 9.17) is 10.2 Å². The molecule has 5 nitrogen and oxygen atoms in total. The molecule has 0 radical (unpaired) electrons. The lowest BCUT2D eigenvalue weighted by atomic mass is 10.2. The minimum atomic E-state index is 0.523. The average molecular weight is 254 g/mol. The summed E-state index contributed by atoms with van der Waals surface area (Å²) in [5, 5.41) is 3.16. The first-order valence-corrected chi connectivity index (χ1v) is 6.10. The van der Waals surface area contributed by atoms with Gasteiger partial charge in [0.15, 0.2) is 5.58 Å². The molecule has 0 bridgehead atoms. The molecule has 3 N–H and O–H groups in total. The molecule has 0 fully saturated rings. The largest absolute Gasteiger partial charge is 0.423 e. The summed E-state index contributed by atoms with van der Waals surface area (Å²) < 4.78 is 5.57. The maximum atomic E-state index is 5.70. The van der Waals surface area contributed by atoms with Crippen LogP contribution in [0.5, 0.6) is 0 Å². The van der Waals surface area contributed by atoms with Crippen molar-refractivity contribution in [3.8, 4) is 0 Å². The van der Waals surface area contributed by atoms with E-state index in [9.17, 15) is 0 Å². The van der Waals surface area contributed by atoms with Crippen LogP contribution in [-0.4, -0.2) is 16.5 Å². The minimum Gasteiger partial charge on any atom is -0.423 e. The quantitative estimate of drug-likeness (QED) is 0.699. The van der Waals surface area contributed by atoms with E-state index in [0.717, 1.165) is 18.5 Å². The highest BCUT2D eigenvalue weighted by Crippen LogP contribution is 2.20. The molecule has 1 aromatic carbocycles. The van der Waals surface area contributed by atoms with E-state index in [1.165, 1.54) is 5.56 Å². The minimum absolute atomic E-state index is 0.523. The summed E-state index contributed by atoms with van der Waals surface area (Å²) in [6.07, 6.45) is 4.47. The van der Waals surface area contributed by atoms with Crippen molar-refractivity contribution in [1.29, 1.82) is 0 Å². The van der Waals surface area contributed by atoms with Crippen molar-refractivity contribution in [3.05, 3.63) is 48.3 Å². The summed E-state index contributed by atoms with van der Waals surface area (Å²) in [6, 6.07) is 9.95.